The zero-order valence-electron chi connectivity index (χ0n) is 22.1. The van der Waals surface area contributed by atoms with Crippen molar-refractivity contribution in [3.8, 4) is 0 Å². The Morgan fingerprint density at radius 1 is 1.13 bits per heavy atom. The molecule has 11 heteroatoms. The van der Waals surface area contributed by atoms with Gasteiger partial charge in [-0.1, -0.05) is 23.9 Å². The molecule has 0 aliphatic carbocycles. The lowest BCUT2D eigenvalue weighted by atomic mass is 10.2. The lowest BCUT2D eigenvalue weighted by Gasteiger charge is -2.22. The van der Waals surface area contributed by atoms with E-state index >= 15 is 0 Å². The Morgan fingerprint density at radius 3 is 2.37 bits per heavy atom. The van der Waals surface area contributed by atoms with Gasteiger partial charge < -0.3 is 36.4 Å². The number of benzene rings is 1. The number of carbonyl (C=O) groups excluding carboxylic acids is 3. The third-order valence-corrected chi connectivity index (χ3v) is 7.67. The minimum Gasteiger partial charge on any atom is -0.392 e. The van der Waals surface area contributed by atoms with Gasteiger partial charge in [-0.2, -0.15) is 0 Å². The van der Waals surface area contributed by atoms with Crippen molar-refractivity contribution in [3.05, 3.63) is 60.3 Å². The summed E-state index contributed by atoms with van der Waals surface area (Å²) in [5.41, 5.74) is 7.78. The van der Waals surface area contributed by atoms with Crippen LogP contribution in [0.25, 0.3) is 0 Å². The van der Waals surface area contributed by atoms with Crippen LogP contribution in [0, 0.1) is 0 Å². The highest BCUT2D eigenvalue weighted by Gasteiger charge is 2.38. The summed E-state index contributed by atoms with van der Waals surface area (Å²) in [5.74, 6) is -0.450. The van der Waals surface area contributed by atoms with Crippen LogP contribution < -0.4 is 21.7 Å². The van der Waals surface area contributed by atoms with Crippen LogP contribution in [0.3, 0.4) is 0 Å². The molecule has 0 spiro atoms. The minimum absolute atomic E-state index is 0.0468. The summed E-state index contributed by atoms with van der Waals surface area (Å²) in [5, 5.41) is 9.05. The molecule has 0 unspecified atom stereocenters. The lowest BCUT2D eigenvalue weighted by Crippen LogP contribution is -2.37. The van der Waals surface area contributed by atoms with Crippen molar-refractivity contribution in [2.75, 3.05) is 63.0 Å². The second kappa shape index (κ2) is 14.5. The van der Waals surface area contributed by atoms with E-state index in [9.17, 15) is 14.4 Å². The topological polar surface area (TPSA) is 123 Å². The zero-order valence-corrected chi connectivity index (χ0v) is 22.9. The Balaban J connectivity index is 1.53. The summed E-state index contributed by atoms with van der Waals surface area (Å²) in [6, 6.07) is 7.07. The highest BCUT2D eigenvalue weighted by molar-refractivity contribution is 8.04. The molecule has 2 aliphatic heterocycles. The van der Waals surface area contributed by atoms with Crippen molar-refractivity contribution in [1.29, 1.82) is 0 Å². The summed E-state index contributed by atoms with van der Waals surface area (Å²) in [6.45, 7) is 14.3. The molecule has 1 atom stereocenters. The third-order valence-electron chi connectivity index (χ3n) is 6.35. The number of carbonyl (C=O) groups is 3. The predicted octanol–water partition coefficient (Wildman–Crippen LogP) is 2.61. The van der Waals surface area contributed by atoms with Gasteiger partial charge in [-0.05, 0) is 57.1 Å². The minimum atomic E-state index is -0.428. The van der Waals surface area contributed by atoms with Gasteiger partial charge in [-0.25, -0.2) is 4.79 Å². The molecular weight excluding hydrogens is 502 g/mol. The maximum absolute atomic E-state index is 13.0. The molecule has 2 fully saturated rings. The summed E-state index contributed by atoms with van der Waals surface area (Å²) in [7, 11) is 0. The van der Waals surface area contributed by atoms with Crippen LogP contribution in [-0.2, 0) is 9.59 Å². The van der Waals surface area contributed by atoms with Crippen molar-refractivity contribution in [2.24, 2.45) is 5.73 Å². The SMILES string of the molecule is C=CCN(CC=C)C(=O)/C(N)=C1\S[C@H](CNc2ccc(NC(=O)NCCN3CCCC3)cc2)C(=O)N1CC. The Labute approximate surface area is 229 Å². The summed E-state index contributed by atoms with van der Waals surface area (Å²) in [6.07, 6.45) is 5.71. The van der Waals surface area contributed by atoms with Crippen LogP contribution in [0.1, 0.15) is 19.8 Å². The Kier molecular flexibility index (Phi) is 11.1. The van der Waals surface area contributed by atoms with E-state index in [1.54, 1.807) is 29.2 Å². The first-order valence-corrected chi connectivity index (χ1v) is 13.9. The van der Waals surface area contributed by atoms with E-state index in [1.165, 1.54) is 29.5 Å². The average molecular weight is 542 g/mol. The number of nitrogens with one attached hydrogen (secondary N) is 3. The Hall–Kier alpha value is -3.44. The number of amides is 4. The molecule has 2 saturated heterocycles. The van der Waals surface area contributed by atoms with Gasteiger partial charge in [0, 0.05) is 50.6 Å². The molecule has 3 rings (SSSR count). The fourth-order valence-corrected chi connectivity index (χ4v) is 5.59. The molecule has 2 aliphatic rings. The summed E-state index contributed by atoms with van der Waals surface area (Å²) < 4.78 is 0. The van der Waals surface area contributed by atoms with Crippen LogP contribution >= 0.6 is 11.8 Å². The number of nitrogens with zero attached hydrogens (tertiary/aromatic N) is 3. The van der Waals surface area contributed by atoms with Crippen molar-refractivity contribution >= 4 is 41.0 Å². The fraction of sp³-hybridized carbons (Fsp3) is 0.444. The molecule has 1 aromatic rings. The van der Waals surface area contributed by atoms with Crippen LogP contribution in [0.5, 0.6) is 0 Å². The number of anilines is 2. The largest absolute Gasteiger partial charge is 0.392 e. The first-order valence-electron chi connectivity index (χ1n) is 13.0. The smallest absolute Gasteiger partial charge is 0.319 e. The van der Waals surface area contributed by atoms with Crippen LogP contribution in [-0.4, -0.2) is 90.2 Å². The van der Waals surface area contributed by atoms with E-state index in [-0.39, 0.29) is 23.5 Å². The van der Waals surface area contributed by atoms with Gasteiger partial charge in [0.1, 0.15) is 16.0 Å². The maximum atomic E-state index is 13.0. The quantitative estimate of drug-likeness (QED) is 0.224. The first-order chi connectivity index (χ1) is 18.4. The van der Waals surface area contributed by atoms with Gasteiger partial charge in [0.25, 0.3) is 5.91 Å². The van der Waals surface area contributed by atoms with Gasteiger partial charge >= 0.3 is 6.03 Å². The van der Waals surface area contributed by atoms with E-state index in [2.05, 4.69) is 34.0 Å². The average Bonchev–Trinajstić information content (AvgIpc) is 3.54. The van der Waals surface area contributed by atoms with Crippen molar-refractivity contribution in [3.63, 3.8) is 0 Å². The van der Waals surface area contributed by atoms with E-state index in [0.717, 1.165) is 25.3 Å². The Morgan fingerprint density at radius 2 is 1.76 bits per heavy atom. The standard InChI is InChI=1S/C27H39N7O3S/c1-4-14-33(15-5-2)25(36)23(28)26-34(6-3)24(35)22(38-26)19-30-20-9-11-21(12-10-20)31-27(37)29-13-18-32-16-7-8-17-32/h4-5,9-12,22,30H,1-2,6-8,13-19,28H2,3H3,(H2,29,31,37)/b26-23+/t22-/m1/s1. The maximum Gasteiger partial charge on any atom is 0.319 e. The molecule has 10 nitrogen and oxygen atoms in total. The van der Waals surface area contributed by atoms with Gasteiger partial charge in [0.05, 0.1) is 0 Å². The van der Waals surface area contributed by atoms with Crippen LogP contribution in [0.15, 0.2) is 60.3 Å². The van der Waals surface area contributed by atoms with Crippen molar-refractivity contribution < 1.29 is 14.4 Å². The molecule has 0 saturated carbocycles. The first kappa shape index (κ1) is 29.1. The summed E-state index contributed by atoms with van der Waals surface area (Å²) in [4.78, 5) is 43.5. The second-order valence-corrected chi connectivity index (χ2v) is 10.3. The summed E-state index contributed by atoms with van der Waals surface area (Å²) >= 11 is 1.29. The van der Waals surface area contributed by atoms with E-state index in [4.69, 9.17) is 5.73 Å². The van der Waals surface area contributed by atoms with Crippen molar-refractivity contribution in [1.82, 2.24) is 20.0 Å². The van der Waals surface area contributed by atoms with Crippen molar-refractivity contribution in [2.45, 2.75) is 25.0 Å². The number of rotatable bonds is 13. The number of hydrogen-bond acceptors (Lipinski definition) is 7. The molecule has 2 heterocycles. The molecule has 1 aromatic carbocycles. The number of thioether (sulfide) groups is 1. The molecule has 5 N–H and O–H groups in total. The zero-order chi connectivity index (χ0) is 27.5. The number of hydrogen-bond donors (Lipinski definition) is 4. The molecule has 0 bridgehead atoms. The Bertz CT molecular complexity index is 1030. The highest BCUT2D eigenvalue weighted by atomic mass is 32.2. The third kappa shape index (κ3) is 7.78. The van der Waals surface area contributed by atoms with E-state index in [1.807, 2.05) is 19.1 Å². The van der Waals surface area contributed by atoms with Crippen LogP contribution in [0.2, 0.25) is 0 Å². The van der Waals surface area contributed by atoms with Crippen LogP contribution in [0.4, 0.5) is 16.2 Å². The van der Waals surface area contributed by atoms with E-state index < -0.39 is 5.25 Å². The second-order valence-electron chi connectivity index (χ2n) is 9.08. The highest BCUT2D eigenvalue weighted by Crippen LogP contribution is 2.36. The number of urea groups is 1. The molecule has 206 valence electrons. The van der Waals surface area contributed by atoms with Gasteiger partial charge in [-0.15, -0.1) is 13.2 Å². The molecule has 0 aromatic heterocycles. The molecular formula is C27H39N7O3S. The fourth-order valence-electron chi connectivity index (χ4n) is 4.36. The van der Waals surface area contributed by atoms with Gasteiger partial charge in [-0.3, -0.25) is 9.59 Å². The van der Waals surface area contributed by atoms with Gasteiger partial charge in [0.2, 0.25) is 5.91 Å². The molecule has 0 radical (unpaired) electrons. The lowest BCUT2D eigenvalue weighted by molar-refractivity contribution is -0.127. The monoisotopic (exact) mass is 541 g/mol. The molecule has 4 amide bonds. The number of likely N-dealkylation sites (tertiary alicyclic amines) is 1. The number of nitrogens with two attached hydrogens (primary N) is 1. The molecule has 38 heavy (non-hydrogen) atoms. The van der Waals surface area contributed by atoms with Gasteiger partial charge in [0.15, 0.2) is 0 Å². The van der Waals surface area contributed by atoms with E-state index in [0.29, 0.717) is 43.4 Å². The predicted molar refractivity (Wildman–Crippen MR) is 155 cm³/mol. The normalized spacial score (nSPS) is 18.7.